The van der Waals surface area contributed by atoms with E-state index in [4.69, 9.17) is 0 Å². The number of nitrogens with one attached hydrogen (secondary N) is 1. The molecule has 15 heavy (non-hydrogen) atoms. The Balaban J connectivity index is 0.00000112. The average Bonchev–Trinajstić information content (AvgIpc) is 3.01. The van der Waals surface area contributed by atoms with Gasteiger partial charge < -0.3 is 5.32 Å². The zero-order chi connectivity index (χ0) is 10.2. The van der Waals surface area contributed by atoms with E-state index in [1.54, 1.807) is 4.31 Å². The van der Waals surface area contributed by atoms with E-state index in [1.165, 1.54) is 0 Å². The molecular weight excluding hydrogens is 236 g/mol. The van der Waals surface area contributed by atoms with Gasteiger partial charge >= 0.3 is 0 Å². The molecule has 1 saturated heterocycles. The van der Waals surface area contributed by atoms with Crippen LogP contribution < -0.4 is 5.32 Å². The summed E-state index contributed by atoms with van der Waals surface area (Å²) >= 11 is 0. The first-order valence-corrected chi connectivity index (χ1v) is 6.81. The molecule has 4 nitrogen and oxygen atoms in total. The van der Waals surface area contributed by atoms with Gasteiger partial charge in [0.25, 0.3) is 0 Å². The van der Waals surface area contributed by atoms with Crippen LogP contribution in [0.15, 0.2) is 0 Å². The molecular formula is C9H19ClN2O2S. The minimum atomic E-state index is -2.94. The zero-order valence-electron chi connectivity index (χ0n) is 8.98. The van der Waals surface area contributed by atoms with Crippen molar-refractivity contribution >= 4 is 22.4 Å². The van der Waals surface area contributed by atoms with E-state index >= 15 is 0 Å². The molecule has 1 N–H and O–H groups in total. The average molecular weight is 255 g/mol. The second-order valence-corrected chi connectivity index (χ2v) is 6.44. The Morgan fingerprint density at radius 2 is 1.93 bits per heavy atom. The number of likely N-dealkylation sites (N-methyl/N-ethyl adjacent to an activating group) is 1. The van der Waals surface area contributed by atoms with Crippen LogP contribution in [-0.2, 0) is 10.0 Å². The lowest BCUT2D eigenvalue weighted by atomic mass is 10.1. The Morgan fingerprint density at radius 3 is 2.47 bits per heavy atom. The molecule has 1 heterocycles. The molecule has 0 aromatic carbocycles. The number of halogens is 1. The van der Waals surface area contributed by atoms with Crippen LogP contribution in [-0.4, -0.2) is 44.2 Å². The third-order valence-corrected chi connectivity index (χ3v) is 5.46. The lowest BCUT2D eigenvalue weighted by Gasteiger charge is -2.31. The van der Waals surface area contributed by atoms with Crippen molar-refractivity contribution in [3.63, 3.8) is 0 Å². The van der Waals surface area contributed by atoms with E-state index < -0.39 is 10.0 Å². The Bertz CT molecular complexity index is 303. The highest BCUT2D eigenvalue weighted by Crippen LogP contribution is 2.32. The van der Waals surface area contributed by atoms with Crippen LogP contribution in [0.4, 0.5) is 0 Å². The predicted molar refractivity (Wildman–Crippen MR) is 62.8 cm³/mol. The normalized spacial score (nSPS) is 28.5. The number of nitrogens with zero attached hydrogens (tertiary/aromatic N) is 1. The van der Waals surface area contributed by atoms with Crippen molar-refractivity contribution in [2.75, 3.05) is 20.1 Å². The topological polar surface area (TPSA) is 49.4 Å². The molecule has 2 aliphatic rings. The van der Waals surface area contributed by atoms with Crippen LogP contribution in [0.5, 0.6) is 0 Å². The maximum Gasteiger partial charge on any atom is 0.217 e. The van der Waals surface area contributed by atoms with Crippen LogP contribution in [0.3, 0.4) is 0 Å². The van der Waals surface area contributed by atoms with Gasteiger partial charge in [-0.25, -0.2) is 12.7 Å². The molecule has 1 aliphatic heterocycles. The fourth-order valence-electron chi connectivity index (χ4n) is 1.99. The highest BCUT2D eigenvalue weighted by molar-refractivity contribution is 7.90. The molecule has 2 fully saturated rings. The summed E-state index contributed by atoms with van der Waals surface area (Å²) in [7, 11) is -1.04. The van der Waals surface area contributed by atoms with E-state index in [9.17, 15) is 8.42 Å². The maximum atomic E-state index is 11.9. The number of sulfonamides is 1. The summed E-state index contributed by atoms with van der Waals surface area (Å²) in [5.74, 6) is 0. The van der Waals surface area contributed by atoms with Gasteiger partial charge in [0.1, 0.15) is 0 Å². The summed E-state index contributed by atoms with van der Waals surface area (Å²) in [5.41, 5.74) is 0. The summed E-state index contributed by atoms with van der Waals surface area (Å²) in [6, 6.07) is 0.345. The van der Waals surface area contributed by atoms with Crippen LogP contribution in [0.25, 0.3) is 0 Å². The highest BCUT2D eigenvalue weighted by atomic mass is 35.5. The first kappa shape index (κ1) is 13.2. The van der Waals surface area contributed by atoms with Crippen LogP contribution in [0.2, 0.25) is 0 Å². The van der Waals surface area contributed by atoms with E-state index in [0.29, 0.717) is 12.6 Å². The smallest absolute Gasteiger partial charge is 0.217 e. The second kappa shape index (κ2) is 4.99. The van der Waals surface area contributed by atoms with Gasteiger partial charge in [-0.1, -0.05) is 0 Å². The Hall–Kier alpha value is 0.160. The van der Waals surface area contributed by atoms with Gasteiger partial charge in [0.2, 0.25) is 10.0 Å². The van der Waals surface area contributed by atoms with Crippen molar-refractivity contribution in [2.24, 2.45) is 0 Å². The summed E-state index contributed by atoms with van der Waals surface area (Å²) in [4.78, 5) is 0. The summed E-state index contributed by atoms with van der Waals surface area (Å²) in [5, 5.41) is 3.10. The third kappa shape index (κ3) is 2.84. The SMILES string of the molecule is CN[C@@H]1CCCN(S(=O)(=O)C2CC2)C1.Cl. The fourth-order valence-corrected chi connectivity index (χ4v) is 3.91. The molecule has 1 aliphatic carbocycles. The molecule has 0 spiro atoms. The van der Waals surface area contributed by atoms with Gasteiger partial charge in [-0.3, -0.25) is 0 Å². The van der Waals surface area contributed by atoms with Crippen molar-refractivity contribution in [3.8, 4) is 0 Å². The summed E-state index contributed by atoms with van der Waals surface area (Å²) < 4.78 is 25.5. The molecule has 0 aromatic heterocycles. The molecule has 2 rings (SSSR count). The first-order valence-electron chi connectivity index (χ1n) is 5.31. The van der Waals surface area contributed by atoms with Crippen molar-refractivity contribution in [3.05, 3.63) is 0 Å². The van der Waals surface area contributed by atoms with Gasteiger partial charge in [-0.05, 0) is 32.7 Å². The zero-order valence-corrected chi connectivity index (χ0v) is 10.6. The van der Waals surface area contributed by atoms with Crippen molar-refractivity contribution in [2.45, 2.75) is 37.0 Å². The molecule has 1 atom stereocenters. The largest absolute Gasteiger partial charge is 0.316 e. The fraction of sp³-hybridized carbons (Fsp3) is 1.00. The highest BCUT2D eigenvalue weighted by Gasteiger charge is 2.41. The number of rotatable bonds is 3. The van der Waals surface area contributed by atoms with E-state index in [1.807, 2.05) is 7.05 Å². The van der Waals surface area contributed by atoms with Crippen LogP contribution in [0.1, 0.15) is 25.7 Å². The minimum Gasteiger partial charge on any atom is -0.316 e. The van der Waals surface area contributed by atoms with E-state index in [2.05, 4.69) is 5.32 Å². The maximum absolute atomic E-state index is 11.9. The van der Waals surface area contributed by atoms with Crippen molar-refractivity contribution < 1.29 is 8.42 Å². The Labute approximate surface area is 97.9 Å². The molecule has 1 saturated carbocycles. The third-order valence-electron chi connectivity index (χ3n) is 3.10. The Morgan fingerprint density at radius 1 is 1.27 bits per heavy atom. The number of hydrogen-bond donors (Lipinski definition) is 1. The lowest BCUT2D eigenvalue weighted by Crippen LogP contribution is -2.47. The predicted octanol–water partition coefficient (Wildman–Crippen LogP) is 0.584. The molecule has 90 valence electrons. The molecule has 0 aromatic rings. The van der Waals surface area contributed by atoms with E-state index in [0.717, 1.165) is 32.2 Å². The second-order valence-electron chi connectivity index (χ2n) is 4.23. The molecule has 0 bridgehead atoms. The van der Waals surface area contributed by atoms with Gasteiger partial charge in [0.05, 0.1) is 5.25 Å². The summed E-state index contributed by atoms with van der Waals surface area (Å²) in [6.07, 6.45) is 3.80. The van der Waals surface area contributed by atoms with Crippen molar-refractivity contribution in [1.29, 1.82) is 0 Å². The quantitative estimate of drug-likeness (QED) is 0.802. The molecule has 6 heteroatoms. The monoisotopic (exact) mass is 254 g/mol. The lowest BCUT2D eigenvalue weighted by molar-refractivity contribution is 0.292. The number of hydrogen-bond acceptors (Lipinski definition) is 3. The van der Waals surface area contributed by atoms with Crippen LogP contribution in [0, 0.1) is 0 Å². The van der Waals surface area contributed by atoms with E-state index in [-0.39, 0.29) is 17.7 Å². The number of piperidine rings is 1. The van der Waals surface area contributed by atoms with Gasteiger partial charge in [-0.15, -0.1) is 12.4 Å². The first-order chi connectivity index (χ1) is 6.64. The van der Waals surface area contributed by atoms with Crippen LogP contribution >= 0.6 is 12.4 Å². The summed E-state index contributed by atoms with van der Waals surface area (Å²) in [6.45, 7) is 1.38. The van der Waals surface area contributed by atoms with Crippen molar-refractivity contribution in [1.82, 2.24) is 9.62 Å². The molecule has 0 unspecified atom stereocenters. The van der Waals surface area contributed by atoms with Gasteiger partial charge in [0, 0.05) is 19.1 Å². The molecule has 0 radical (unpaired) electrons. The van der Waals surface area contributed by atoms with Gasteiger partial charge in [0.15, 0.2) is 0 Å². The Kier molecular flexibility index (Phi) is 4.40. The standard InChI is InChI=1S/C9H18N2O2S.ClH/c1-10-8-3-2-6-11(7-8)14(12,13)9-4-5-9;/h8-10H,2-7H2,1H3;1H/t8-;/m1./s1. The minimum absolute atomic E-state index is 0. The molecule has 0 amide bonds. The van der Waals surface area contributed by atoms with Gasteiger partial charge in [-0.2, -0.15) is 0 Å².